The third-order valence-corrected chi connectivity index (χ3v) is 4.25. The number of hydrogen-bond donors (Lipinski definition) is 1. The predicted octanol–water partition coefficient (Wildman–Crippen LogP) is 5.07. The maximum absolute atomic E-state index is 12.6. The van der Waals surface area contributed by atoms with Crippen LogP contribution < -0.4 is 5.32 Å². The zero-order valence-corrected chi connectivity index (χ0v) is 12.2. The molecule has 0 aromatic heterocycles. The summed E-state index contributed by atoms with van der Waals surface area (Å²) in [5.74, 6) is -1.19. The van der Waals surface area contributed by atoms with Gasteiger partial charge < -0.3 is 5.32 Å². The molecule has 0 heterocycles. The summed E-state index contributed by atoms with van der Waals surface area (Å²) in [4.78, 5) is 0. The van der Waals surface area contributed by atoms with Gasteiger partial charge in [0, 0.05) is 12.5 Å². The molecular weight excluding hydrogens is 296 g/mol. The Morgan fingerprint density at radius 1 is 1.00 bits per heavy atom. The van der Waals surface area contributed by atoms with E-state index in [0.29, 0.717) is 25.8 Å². The third-order valence-electron chi connectivity index (χ3n) is 4.25. The molecule has 21 heavy (non-hydrogen) atoms. The molecule has 1 unspecified atom stereocenters. The van der Waals surface area contributed by atoms with E-state index in [1.807, 2.05) is 6.92 Å². The quantitative estimate of drug-likeness (QED) is 0.674. The van der Waals surface area contributed by atoms with Gasteiger partial charge in [-0.3, -0.25) is 0 Å². The highest BCUT2D eigenvalue weighted by Gasteiger charge is 2.42. The molecule has 1 N–H and O–H groups in total. The first-order valence-corrected chi connectivity index (χ1v) is 7.50. The predicted molar refractivity (Wildman–Crippen MR) is 68.9 cm³/mol. The van der Waals surface area contributed by atoms with E-state index in [0.717, 1.165) is 0 Å². The van der Waals surface area contributed by atoms with Gasteiger partial charge in [0.15, 0.2) is 0 Å². The minimum absolute atomic E-state index is 0.0281. The van der Waals surface area contributed by atoms with E-state index in [9.17, 15) is 26.3 Å². The number of halogens is 6. The van der Waals surface area contributed by atoms with Gasteiger partial charge in [0.05, 0.1) is 5.92 Å². The minimum Gasteiger partial charge on any atom is -0.314 e. The summed E-state index contributed by atoms with van der Waals surface area (Å²) < 4.78 is 74.3. The molecule has 0 spiro atoms. The van der Waals surface area contributed by atoms with Crippen LogP contribution in [0.1, 0.15) is 51.9 Å². The van der Waals surface area contributed by atoms with Crippen molar-refractivity contribution in [2.45, 2.75) is 70.3 Å². The Bertz CT molecular complexity index is 291. The van der Waals surface area contributed by atoms with Crippen molar-refractivity contribution in [2.75, 3.05) is 6.54 Å². The second kappa shape index (κ2) is 7.70. The fraction of sp³-hybridized carbons (Fsp3) is 1.00. The van der Waals surface area contributed by atoms with Crippen LogP contribution in [-0.2, 0) is 0 Å². The summed E-state index contributed by atoms with van der Waals surface area (Å²) in [6, 6.07) is -0.105. The maximum Gasteiger partial charge on any atom is 0.391 e. The average Bonchev–Trinajstić information content (AvgIpc) is 2.35. The molecule has 0 amide bonds. The molecular formula is C14H23F6N. The molecule has 0 aromatic rings. The monoisotopic (exact) mass is 319 g/mol. The van der Waals surface area contributed by atoms with E-state index in [-0.39, 0.29) is 31.2 Å². The van der Waals surface area contributed by atoms with Crippen LogP contribution in [0.5, 0.6) is 0 Å². The maximum atomic E-state index is 12.6. The van der Waals surface area contributed by atoms with Crippen molar-refractivity contribution in [2.24, 2.45) is 11.8 Å². The van der Waals surface area contributed by atoms with Crippen molar-refractivity contribution < 1.29 is 26.3 Å². The summed E-state index contributed by atoms with van der Waals surface area (Å²) in [6.07, 6.45) is -7.67. The lowest BCUT2D eigenvalue weighted by Crippen LogP contribution is -2.39. The van der Waals surface area contributed by atoms with Crippen LogP contribution >= 0.6 is 0 Å². The first kappa shape index (κ1) is 18.6. The van der Waals surface area contributed by atoms with Crippen molar-refractivity contribution in [3.8, 4) is 0 Å². The molecule has 1 saturated carbocycles. The Morgan fingerprint density at radius 2 is 1.57 bits per heavy atom. The molecule has 0 aromatic carbocycles. The lowest BCUT2D eigenvalue weighted by Gasteiger charge is -2.35. The summed E-state index contributed by atoms with van der Waals surface area (Å²) in [6.45, 7) is 2.48. The van der Waals surface area contributed by atoms with E-state index in [2.05, 4.69) is 5.32 Å². The van der Waals surface area contributed by atoms with Crippen molar-refractivity contribution in [1.29, 1.82) is 0 Å². The van der Waals surface area contributed by atoms with Gasteiger partial charge in [0.2, 0.25) is 0 Å². The van der Waals surface area contributed by atoms with E-state index >= 15 is 0 Å². The fourth-order valence-corrected chi connectivity index (χ4v) is 3.14. The molecule has 0 radical (unpaired) electrons. The van der Waals surface area contributed by atoms with Crippen molar-refractivity contribution in [1.82, 2.24) is 5.32 Å². The van der Waals surface area contributed by atoms with Crippen LogP contribution in [0.3, 0.4) is 0 Å². The van der Waals surface area contributed by atoms with Gasteiger partial charge in [0.25, 0.3) is 0 Å². The van der Waals surface area contributed by atoms with Gasteiger partial charge in [-0.2, -0.15) is 26.3 Å². The van der Waals surface area contributed by atoms with Crippen LogP contribution in [-0.4, -0.2) is 24.9 Å². The average molecular weight is 319 g/mol. The second-order valence-corrected chi connectivity index (χ2v) is 5.82. The van der Waals surface area contributed by atoms with E-state index in [1.54, 1.807) is 0 Å². The van der Waals surface area contributed by atoms with Crippen LogP contribution in [0.25, 0.3) is 0 Å². The highest BCUT2D eigenvalue weighted by molar-refractivity contribution is 4.84. The normalized spacial score (nSPS) is 25.9. The Kier molecular flexibility index (Phi) is 6.81. The first-order chi connectivity index (χ1) is 9.63. The number of hydrogen-bond acceptors (Lipinski definition) is 1. The summed E-state index contributed by atoms with van der Waals surface area (Å²) in [5.41, 5.74) is 0. The van der Waals surface area contributed by atoms with Crippen molar-refractivity contribution in [3.05, 3.63) is 0 Å². The Morgan fingerprint density at radius 3 is 2.00 bits per heavy atom. The highest BCUT2D eigenvalue weighted by Crippen LogP contribution is 2.41. The number of nitrogens with one attached hydrogen (secondary N) is 1. The highest BCUT2D eigenvalue weighted by atomic mass is 19.4. The van der Waals surface area contributed by atoms with E-state index < -0.39 is 24.7 Å². The number of rotatable bonds is 6. The van der Waals surface area contributed by atoms with Crippen LogP contribution in [0.2, 0.25) is 0 Å². The molecule has 1 nitrogen and oxygen atoms in total. The molecule has 7 heteroatoms. The molecule has 1 fully saturated rings. The number of alkyl halides is 6. The summed E-state index contributed by atoms with van der Waals surface area (Å²) in [7, 11) is 0. The Balaban J connectivity index is 2.43. The second-order valence-electron chi connectivity index (χ2n) is 5.82. The fourth-order valence-electron chi connectivity index (χ4n) is 3.14. The molecule has 1 aliphatic carbocycles. The smallest absolute Gasteiger partial charge is 0.314 e. The molecule has 0 bridgehead atoms. The van der Waals surface area contributed by atoms with Gasteiger partial charge in [0.1, 0.15) is 0 Å². The topological polar surface area (TPSA) is 12.0 Å². The van der Waals surface area contributed by atoms with Gasteiger partial charge in [-0.05, 0) is 51.0 Å². The zero-order valence-electron chi connectivity index (χ0n) is 12.2. The van der Waals surface area contributed by atoms with Crippen LogP contribution in [0.4, 0.5) is 26.3 Å². The first-order valence-electron chi connectivity index (χ1n) is 7.50. The van der Waals surface area contributed by atoms with Gasteiger partial charge in [-0.1, -0.05) is 6.92 Å². The Hall–Kier alpha value is -0.460. The summed E-state index contributed by atoms with van der Waals surface area (Å²) in [5, 5.41) is 3.14. The van der Waals surface area contributed by atoms with Crippen LogP contribution in [0.15, 0.2) is 0 Å². The molecule has 1 atom stereocenters. The minimum atomic E-state index is -4.16. The van der Waals surface area contributed by atoms with Gasteiger partial charge in [-0.25, -0.2) is 0 Å². The lowest BCUT2D eigenvalue weighted by atomic mass is 9.77. The van der Waals surface area contributed by atoms with Gasteiger partial charge in [-0.15, -0.1) is 0 Å². The molecule has 126 valence electrons. The van der Waals surface area contributed by atoms with Crippen LogP contribution in [0, 0.1) is 11.8 Å². The van der Waals surface area contributed by atoms with Gasteiger partial charge >= 0.3 is 12.4 Å². The lowest BCUT2D eigenvalue weighted by molar-refractivity contribution is -0.184. The Labute approximate surface area is 121 Å². The summed E-state index contributed by atoms with van der Waals surface area (Å²) >= 11 is 0. The molecule has 1 rings (SSSR count). The van der Waals surface area contributed by atoms with E-state index in [1.165, 1.54) is 0 Å². The SMILES string of the molecule is CCNC(CCCC(F)(F)F)C1CCC(C(F)(F)F)CC1. The standard InChI is InChI=1S/C14H23F6N/c1-2-21-12(4-3-9-13(15,16)17)10-5-7-11(8-6-10)14(18,19)20/h10-12,21H,2-9H2,1H3. The van der Waals surface area contributed by atoms with Crippen molar-refractivity contribution >= 4 is 0 Å². The van der Waals surface area contributed by atoms with Crippen molar-refractivity contribution in [3.63, 3.8) is 0 Å². The molecule has 1 aliphatic rings. The molecule has 0 saturated heterocycles. The third kappa shape index (κ3) is 6.89. The molecule has 0 aliphatic heterocycles. The van der Waals surface area contributed by atoms with E-state index in [4.69, 9.17) is 0 Å². The zero-order chi connectivity index (χ0) is 16.1. The largest absolute Gasteiger partial charge is 0.391 e.